The zero-order valence-corrected chi connectivity index (χ0v) is 20.2. The van der Waals surface area contributed by atoms with Crippen molar-refractivity contribution in [1.29, 1.82) is 0 Å². The molecule has 2 unspecified atom stereocenters. The molecule has 2 heterocycles. The summed E-state index contributed by atoms with van der Waals surface area (Å²) in [5.74, 6) is -1.55. The molecule has 0 radical (unpaired) electrons. The Bertz CT molecular complexity index is 1400. The summed E-state index contributed by atoms with van der Waals surface area (Å²) < 4.78 is 45.1. The second kappa shape index (κ2) is 8.47. The van der Waals surface area contributed by atoms with Crippen molar-refractivity contribution in [3.05, 3.63) is 101 Å². The van der Waals surface area contributed by atoms with Crippen LogP contribution in [-0.4, -0.2) is 23.3 Å². The molecule has 1 spiro atoms. The Morgan fingerprint density at radius 3 is 2.19 bits per heavy atom. The van der Waals surface area contributed by atoms with Gasteiger partial charge in [0.25, 0.3) is 11.5 Å². The third-order valence-corrected chi connectivity index (χ3v) is 6.25. The van der Waals surface area contributed by atoms with E-state index in [1.165, 1.54) is 12.1 Å². The lowest BCUT2D eigenvalue weighted by molar-refractivity contribution is -0.141. The van der Waals surface area contributed by atoms with Crippen LogP contribution in [0.4, 0.5) is 23.7 Å². The van der Waals surface area contributed by atoms with Gasteiger partial charge in [0.05, 0.1) is 22.9 Å². The molecule has 5 rings (SSSR count). The minimum absolute atomic E-state index is 0.272. The van der Waals surface area contributed by atoms with Gasteiger partial charge in [-0.05, 0) is 44.5 Å². The van der Waals surface area contributed by atoms with Crippen molar-refractivity contribution in [3.8, 4) is 0 Å². The summed E-state index contributed by atoms with van der Waals surface area (Å²) in [6, 6.07) is 20.2. The van der Waals surface area contributed by atoms with Gasteiger partial charge in [-0.2, -0.15) is 13.2 Å². The van der Waals surface area contributed by atoms with Crippen LogP contribution in [0.15, 0.2) is 84.0 Å². The van der Waals surface area contributed by atoms with E-state index in [9.17, 15) is 22.8 Å². The number of anilines is 1. The number of rotatable bonds is 2. The van der Waals surface area contributed by atoms with E-state index in [1.807, 2.05) is 0 Å². The normalized spacial score (nSPS) is 21.0. The zero-order chi connectivity index (χ0) is 26.6. The summed E-state index contributed by atoms with van der Waals surface area (Å²) >= 11 is 0. The number of alkyl halides is 3. The number of hydrogen-bond acceptors (Lipinski definition) is 5. The minimum atomic E-state index is -4.50. The lowest BCUT2D eigenvalue weighted by Gasteiger charge is -2.29. The third-order valence-electron chi connectivity index (χ3n) is 6.25. The van der Waals surface area contributed by atoms with Crippen LogP contribution < -0.4 is 4.90 Å². The van der Waals surface area contributed by atoms with E-state index in [1.54, 1.807) is 75.4 Å². The quantitative estimate of drug-likeness (QED) is 0.402. The number of carbonyl (C=O) groups excluding carboxylic acids is 2. The molecule has 3 aromatic carbocycles. The Morgan fingerprint density at radius 1 is 0.946 bits per heavy atom. The fourth-order valence-corrected chi connectivity index (χ4v) is 4.74. The molecule has 0 saturated carbocycles. The highest BCUT2D eigenvalue weighted by Gasteiger charge is 2.65. The summed E-state index contributed by atoms with van der Waals surface area (Å²) in [4.78, 5) is 34.2. The third kappa shape index (κ3) is 4.04. The highest BCUT2D eigenvalue weighted by Crippen LogP contribution is 2.55. The predicted molar refractivity (Wildman–Crippen MR) is 130 cm³/mol. The van der Waals surface area contributed by atoms with Gasteiger partial charge in [-0.1, -0.05) is 65.8 Å². The number of para-hydroxylation sites is 1. The molecule has 37 heavy (non-hydrogen) atoms. The summed E-state index contributed by atoms with van der Waals surface area (Å²) in [6.07, 6.45) is -5.36. The van der Waals surface area contributed by atoms with Crippen LogP contribution in [0.1, 0.15) is 48.9 Å². The number of carbonyl (C=O) groups is 2. The Labute approximate surface area is 211 Å². The van der Waals surface area contributed by atoms with Crippen LogP contribution in [0.5, 0.6) is 0 Å². The van der Waals surface area contributed by atoms with Gasteiger partial charge in [-0.3, -0.25) is 4.79 Å². The molecule has 9 heteroatoms. The number of hydrogen-bond donors (Lipinski definition) is 0. The fraction of sp³-hybridized carbons (Fsp3) is 0.250. The van der Waals surface area contributed by atoms with Crippen molar-refractivity contribution in [2.45, 2.75) is 44.1 Å². The minimum Gasteiger partial charge on any atom is -0.443 e. The van der Waals surface area contributed by atoms with Crippen LogP contribution in [0.25, 0.3) is 0 Å². The Morgan fingerprint density at radius 2 is 1.57 bits per heavy atom. The van der Waals surface area contributed by atoms with E-state index in [0.717, 1.165) is 17.0 Å². The van der Waals surface area contributed by atoms with Crippen LogP contribution in [0.2, 0.25) is 0 Å². The van der Waals surface area contributed by atoms with Crippen molar-refractivity contribution in [2.75, 3.05) is 4.90 Å². The van der Waals surface area contributed by atoms with Gasteiger partial charge in [0.2, 0.25) is 0 Å². The summed E-state index contributed by atoms with van der Waals surface area (Å²) in [5.41, 5.74) is -1.44. The molecule has 0 fully saturated rings. The molecule has 0 saturated heterocycles. The summed E-state index contributed by atoms with van der Waals surface area (Å²) in [7, 11) is 0. The highest BCUT2D eigenvalue weighted by molar-refractivity contribution is 6.24. The molecule has 3 aromatic rings. The molecule has 0 aliphatic carbocycles. The Kier molecular flexibility index (Phi) is 5.62. The van der Waals surface area contributed by atoms with Gasteiger partial charge in [-0.15, -0.1) is 0 Å². The van der Waals surface area contributed by atoms with Crippen molar-refractivity contribution in [3.63, 3.8) is 0 Å². The number of fused-ring (bicyclic) bond motifs is 2. The molecule has 6 nitrogen and oxygen atoms in total. The summed E-state index contributed by atoms with van der Waals surface area (Å²) in [5, 5.41) is 4.24. The van der Waals surface area contributed by atoms with Gasteiger partial charge in [0.15, 0.2) is 0 Å². The second-order valence-corrected chi connectivity index (χ2v) is 9.86. The van der Waals surface area contributed by atoms with Crippen molar-refractivity contribution >= 4 is 23.4 Å². The van der Waals surface area contributed by atoms with Crippen LogP contribution in [-0.2, 0) is 26.1 Å². The molecule has 2 amide bonds. The first kappa shape index (κ1) is 24.5. The Hall–Kier alpha value is -4.14. The first-order valence-electron chi connectivity index (χ1n) is 11.6. The van der Waals surface area contributed by atoms with Gasteiger partial charge in [0, 0.05) is 11.1 Å². The maximum atomic E-state index is 14.1. The van der Waals surface area contributed by atoms with Gasteiger partial charge < -0.3 is 9.57 Å². The van der Waals surface area contributed by atoms with Crippen LogP contribution >= 0.6 is 0 Å². The molecule has 2 aliphatic heterocycles. The number of benzene rings is 3. The smallest absolute Gasteiger partial charge is 0.421 e. The van der Waals surface area contributed by atoms with E-state index in [4.69, 9.17) is 9.57 Å². The summed E-state index contributed by atoms with van der Waals surface area (Å²) in [6.45, 7) is 5.08. The molecule has 0 bridgehead atoms. The molecular weight excluding hydrogens is 485 g/mol. The average molecular weight is 508 g/mol. The molecule has 0 N–H and O–H groups in total. The van der Waals surface area contributed by atoms with Gasteiger partial charge in [0.1, 0.15) is 5.60 Å². The molecule has 2 aliphatic rings. The maximum Gasteiger partial charge on any atom is 0.421 e. The van der Waals surface area contributed by atoms with E-state index >= 15 is 0 Å². The number of oxime groups is 1. The molecule has 0 aromatic heterocycles. The van der Waals surface area contributed by atoms with E-state index in [2.05, 4.69) is 5.16 Å². The number of ether oxygens (including phenoxy) is 1. The first-order chi connectivity index (χ1) is 17.4. The van der Waals surface area contributed by atoms with Crippen molar-refractivity contribution in [2.24, 2.45) is 5.16 Å². The zero-order valence-electron chi connectivity index (χ0n) is 20.2. The average Bonchev–Trinajstić information content (AvgIpc) is 3.35. The largest absolute Gasteiger partial charge is 0.443 e. The molecular formula is C28H23F3N2O4. The topological polar surface area (TPSA) is 68.2 Å². The monoisotopic (exact) mass is 508 g/mol. The standard InChI is InChI=1S/C28H23F3N2O4/c1-26(2,3)36-25(35)33-21-12-8-7-11-20(21)27(24(33)34)22(17-9-5-4-6-10-17)23(32-37-27)18-13-15-19(16-14-18)28(29,30)31/h4-16,22H,1-3H3. The fourth-order valence-electron chi connectivity index (χ4n) is 4.74. The number of amides is 2. The van der Waals surface area contributed by atoms with Gasteiger partial charge in [-0.25, -0.2) is 9.69 Å². The lowest BCUT2D eigenvalue weighted by atomic mass is 9.74. The second-order valence-electron chi connectivity index (χ2n) is 9.86. The predicted octanol–water partition coefficient (Wildman–Crippen LogP) is 6.40. The first-order valence-corrected chi connectivity index (χ1v) is 11.6. The maximum absolute atomic E-state index is 14.1. The van der Waals surface area contributed by atoms with Crippen molar-refractivity contribution in [1.82, 2.24) is 0 Å². The van der Waals surface area contributed by atoms with Crippen LogP contribution in [0, 0.1) is 0 Å². The Balaban J connectivity index is 1.66. The van der Waals surface area contributed by atoms with Crippen molar-refractivity contribution < 1.29 is 32.3 Å². The van der Waals surface area contributed by atoms with E-state index in [-0.39, 0.29) is 5.71 Å². The van der Waals surface area contributed by atoms with E-state index < -0.39 is 40.9 Å². The molecule has 190 valence electrons. The van der Waals surface area contributed by atoms with Gasteiger partial charge >= 0.3 is 12.3 Å². The van der Waals surface area contributed by atoms with E-state index in [0.29, 0.717) is 22.4 Å². The van der Waals surface area contributed by atoms with Crippen LogP contribution in [0.3, 0.4) is 0 Å². The SMILES string of the molecule is CC(C)(C)OC(=O)N1C(=O)C2(ON=C(c3ccc(C(F)(F)F)cc3)C2c2ccccc2)c2ccccc21. The number of halogens is 3. The number of imide groups is 1. The lowest BCUT2D eigenvalue weighted by Crippen LogP contribution is -2.48. The molecule has 2 atom stereocenters. The number of nitrogens with zero attached hydrogens (tertiary/aromatic N) is 2. The highest BCUT2D eigenvalue weighted by atomic mass is 19.4.